The molecule has 1 heterocycles. The molecule has 3 rings (SSSR count). The van der Waals surface area contributed by atoms with Gasteiger partial charge in [-0.15, -0.1) is 0 Å². The number of hydrogen-bond donors (Lipinski definition) is 0. The second-order valence-electron chi connectivity index (χ2n) is 5.26. The van der Waals surface area contributed by atoms with Gasteiger partial charge in [0.2, 0.25) is 5.91 Å². The average molecular weight is 265 g/mol. The third-order valence-corrected chi connectivity index (χ3v) is 3.93. The molecule has 0 N–H and O–H groups in total. The highest BCUT2D eigenvalue weighted by atomic mass is 16.2. The summed E-state index contributed by atoms with van der Waals surface area (Å²) in [5, 5.41) is 0. The minimum absolute atomic E-state index is 0.0198. The number of benzene rings is 2. The first-order valence-electron chi connectivity index (χ1n) is 7.31. The summed E-state index contributed by atoms with van der Waals surface area (Å²) in [7, 11) is 0. The summed E-state index contributed by atoms with van der Waals surface area (Å²) in [4.78, 5) is 14.7. The lowest BCUT2D eigenvalue weighted by molar-refractivity contribution is -0.118. The van der Waals surface area contributed by atoms with Crippen LogP contribution in [0.2, 0.25) is 0 Å². The van der Waals surface area contributed by atoms with Crippen LogP contribution in [0.5, 0.6) is 0 Å². The normalized spacial score (nSPS) is 17.4. The Kier molecular flexibility index (Phi) is 3.55. The van der Waals surface area contributed by atoms with Crippen LogP contribution in [0.4, 0.5) is 11.4 Å². The first kappa shape index (κ1) is 12.9. The molecule has 0 spiro atoms. The summed E-state index contributed by atoms with van der Waals surface area (Å²) in [5.74, 6) is 0.234. The summed E-state index contributed by atoms with van der Waals surface area (Å²) in [6.07, 6.45) is 3.15. The molecule has 2 aromatic carbocycles. The van der Waals surface area contributed by atoms with E-state index in [9.17, 15) is 4.79 Å². The molecule has 2 aromatic rings. The number of fused-ring (bicyclic) bond motifs is 1. The largest absolute Gasteiger partial charge is 0.280 e. The fourth-order valence-corrected chi connectivity index (χ4v) is 2.92. The number of nitrogens with zero attached hydrogens (tertiary/aromatic N) is 1. The number of para-hydroxylation sites is 2. The molecule has 0 aliphatic carbocycles. The van der Waals surface area contributed by atoms with Gasteiger partial charge in [0.25, 0.3) is 0 Å². The van der Waals surface area contributed by atoms with Crippen LogP contribution in [0.1, 0.15) is 37.7 Å². The summed E-state index contributed by atoms with van der Waals surface area (Å²) < 4.78 is 0. The monoisotopic (exact) mass is 265 g/mol. The highest BCUT2D eigenvalue weighted by Crippen LogP contribution is 2.43. The molecule has 0 saturated carbocycles. The van der Waals surface area contributed by atoms with E-state index >= 15 is 0 Å². The maximum absolute atomic E-state index is 12.8. The molecule has 0 bridgehead atoms. The van der Waals surface area contributed by atoms with E-state index in [1.54, 1.807) is 0 Å². The predicted octanol–water partition coefficient (Wildman–Crippen LogP) is 4.64. The highest BCUT2D eigenvalue weighted by molar-refractivity contribution is 6.10. The van der Waals surface area contributed by atoms with E-state index in [0.29, 0.717) is 0 Å². The molecular formula is C18H19NO. The molecular weight excluding hydrogens is 246 g/mol. The zero-order valence-electron chi connectivity index (χ0n) is 11.8. The lowest BCUT2D eigenvalue weighted by Gasteiger charge is -2.18. The van der Waals surface area contributed by atoms with Crippen molar-refractivity contribution < 1.29 is 4.79 Å². The van der Waals surface area contributed by atoms with Crippen LogP contribution in [-0.4, -0.2) is 5.91 Å². The first-order valence-corrected chi connectivity index (χ1v) is 7.31. The van der Waals surface area contributed by atoms with Crippen LogP contribution in [0.15, 0.2) is 54.6 Å². The van der Waals surface area contributed by atoms with Gasteiger partial charge in [0.1, 0.15) is 0 Å². The molecule has 0 aromatic heterocycles. The van der Waals surface area contributed by atoms with E-state index in [1.807, 2.05) is 53.4 Å². The van der Waals surface area contributed by atoms with Crippen molar-refractivity contribution in [3.63, 3.8) is 0 Å². The Labute approximate surface area is 120 Å². The molecule has 1 aliphatic rings. The molecule has 0 radical (unpaired) electrons. The lowest BCUT2D eigenvalue weighted by Crippen LogP contribution is -2.23. The van der Waals surface area contributed by atoms with E-state index in [1.165, 1.54) is 5.56 Å². The fourth-order valence-electron chi connectivity index (χ4n) is 2.92. The van der Waals surface area contributed by atoms with Crippen molar-refractivity contribution in [1.82, 2.24) is 0 Å². The number of rotatable bonds is 4. The summed E-state index contributed by atoms with van der Waals surface area (Å²) in [5.41, 5.74) is 3.18. The number of anilines is 2. The molecule has 1 amide bonds. The molecule has 0 fully saturated rings. The topological polar surface area (TPSA) is 20.3 Å². The number of carbonyl (C=O) groups excluding carboxylic acids is 1. The van der Waals surface area contributed by atoms with Gasteiger partial charge in [-0.2, -0.15) is 0 Å². The Bertz CT molecular complexity index is 606. The zero-order valence-corrected chi connectivity index (χ0v) is 11.8. The Morgan fingerprint density at radius 2 is 1.70 bits per heavy atom. The number of carbonyl (C=O) groups is 1. The van der Waals surface area contributed by atoms with Crippen LogP contribution >= 0.6 is 0 Å². The predicted molar refractivity (Wildman–Crippen MR) is 82.3 cm³/mol. The van der Waals surface area contributed by atoms with E-state index in [-0.39, 0.29) is 11.8 Å². The van der Waals surface area contributed by atoms with E-state index < -0.39 is 0 Å². The Hall–Kier alpha value is -2.09. The first-order chi connectivity index (χ1) is 9.83. The van der Waals surface area contributed by atoms with Crippen LogP contribution in [0.25, 0.3) is 0 Å². The van der Waals surface area contributed by atoms with Crippen LogP contribution in [-0.2, 0) is 4.79 Å². The van der Waals surface area contributed by atoms with Gasteiger partial charge < -0.3 is 0 Å². The van der Waals surface area contributed by atoms with Crippen molar-refractivity contribution in [2.24, 2.45) is 0 Å². The second-order valence-corrected chi connectivity index (χ2v) is 5.26. The van der Waals surface area contributed by atoms with Gasteiger partial charge in [0.15, 0.2) is 0 Å². The summed E-state index contributed by atoms with van der Waals surface area (Å²) in [6, 6.07) is 18.1. The molecule has 0 saturated heterocycles. The van der Waals surface area contributed by atoms with Gasteiger partial charge in [0.05, 0.1) is 11.6 Å². The third-order valence-electron chi connectivity index (χ3n) is 3.93. The number of hydrogen-bond acceptors (Lipinski definition) is 1. The Morgan fingerprint density at radius 1 is 1.00 bits per heavy atom. The van der Waals surface area contributed by atoms with Crippen molar-refractivity contribution in [3.05, 3.63) is 60.2 Å². The molecule has 20 heavy (non-hydrogen) atoms. The quantitative estimate of drug-likeness (QED) is 0.788. The molecule has 2 nitrogen and oxygen atoms in total. The summed E-state index contributed by atoms with van der Waals surface area (Å²) in [6.45, 7) is 2.17. The van der Waals surface area contributed by atoms with Crippen LogP contribution in [0, 0.1) is 0 Å². The molecule has 2 heteroatoms. The van der Waals surface area contributed by atoms with Gasteiger partial charge in [-0.25, -0.2) is 0 Å². The van der Waals surface area contributed by atoms with Gasteiger partial charge in [-0.3, -0.25) is 9.69 Å². The van der Waals surface area contributed by atoms with Crippen molar-refractivity contribution in [2.75, 3.05) is 4.90 Å². The van der Waals surface area contributed by atoms with Gasteiger partial charge in [0, 0.05) is 5.69 Å². The number of amides is 1. The minimum Gasteiger partial charge on any atom is -0.280 e. The standard InChI is InChI=1S/C18H19NO/c1-2-3-11-16-15-12-7-8-13-17(15)19(18(16)20)14-9-5-4-6-10-14/h4-10,12-13,16H,2-3,11H2,1H3/t16-/m0/s1. The van der Waals surface area contributed by atoms with Crippen molar-refractivity contribution in [3.8, 4) is 0 Å². The van der Waals surface area contributed by atoms with Crippen molar-refractivity contribution in [1.29, 1.82) is 0 Å². The van der Waals surface area contributed by atoms with Gasteiger partial charge in [-0.1, -0.05) is 56.2 Å². The fraction of sp³-hybridized carbons (Fsp3) is 0.278. The SMILES string of the molecule is CCCC[C@@H]1C(=O)N(c2ccccc2)c2ccccc21. The van der Waals surface area contributed by atoms with Gasteiger partial charge in [-0.05, 0) is 30.2 Å². The number of unbranched alkanes of at least 4 members (excludes halogenated alkanes) is 1. The third kappa shape index (κ3) is 2.11. The Morgan fingerprint density at radius 3 is 2.45 bits per heavy atom. The Balaban J connectivity index is 2.02. The maximum atomic E-state index is 12.8. The lowest BCUT2D eigenvalue weighted by atomic mass is 9.95. The highest BCUT2D eigenvalue weighted by Gasteiger charge is 2.37. The average Bonchev–Trinajstić information content (AvgIpc) is 2.78. The minimum atomic E-state index is 0.0198. The molecule has 0 unspecified atom stereocenters. The second kappa shape index (κ2) is 5.49. The zero-order chi connectivity index (χ0) is 13.9. The van der Waals surface area contributed by atoms with Gasteiger partial charge >= 0.3 is 0 Å². The molecule has 1 atom stereocenters. The van der Waals surface area contributed by atoms with E-state index in [4.69, 9.17) is 0 Å². The molecule has 1 aliphatic heterocycles. The van der Waals surface area contributed by atoms with Crippen molar-refractivity contribution in [2.45, 2.75) is 32.1 Å². The van der Waals surface area contributed by atoms with E-state index in [0.717, 1.165) is 30.6 Å². The smallest absolute Gasteiger partial charge is 0.239 e. The van der Waals surface area contributed by atoms with E-state index in [2.05, 4.69) is 13.0 Å². The van der Waals surface area contributed by atoms with Crippen molar-refractivity contribution >= 4 is 17.3 Å². The maximum Gasteiger partial charge on any atom is 0.239 e. The van der Waals surface area contributed by atoms with Crippen LogP contribution < -0.4 is 4.90 Å². The molecule has 102 valence electrons. The van der Waals surface area contributed by atoms with Crippen LogP contribution in [0.3, 0.4) is 0 Å². The summed E-state index contributed by atoms with van der Waals surface area (Å²) >= 11 is 0.